The van der Waals surface area contributed by atoms with Gasteiger partial charge in [0.15, 0.2) is 0 Å². The minimum absolute atomic E-state index is 0.893. The Morgan fingerprint density at radius 1 is 0.368 bits per heavy atom. The summed E-state index contributed by atoms with van der Waals surface area (Å²) in [5.41, 5.74) is 15.4. The largest absolute Gasteiger partial charge is 0.455 e. The molecule has 3 heteroatoms. The molecule has 57 heavy (non-hydrogen) atoms. The van der Waals surface area contributed by atoms with Crippen LogP contribution in [0.3, 0.4) is 0 Å². The third-order valence-corrected chi connectivity index (χ3v) is 11.2. The highest BCUT2D eigenvalue weighted by molar-refractivity contribution is 6.17. The van der Waals surface area contributed by atoms with Crippen LogP contribution in [0.2, 0.25) is 0 Å². The predicted molar refractivity (Wildman–Crippen MR) is 239 cm³/mol. The molecule has 0 aliphatic rings. The molecule has 11 aromatic rings. The zero-order valence-electron chi connectivity index (χ0n) is 31.1. The molecule has 0 amide bonds. The summed E-state index contributed by atoms with van der Waals surface area (Å²) in [5, 5.41) is 4.63. The fourth-order valence-electron chi connectivity index (χ4n) is 8.63. The molecule has 0 N–H and O–H groups in total. The number of hydrogen-bond acceptors (Lipinski definition) is 2. The molecule has 0 aliphatic heterocycles. The van der Waals surface area contributed by atoms with Gasteiger partial charge in [-0.1, -0.05) is 158 Å². The monoisotopic (exact) mass is 728 g/mol. The van der Waals surface area contributed by atoms with Crippen LogP contribution in [0, 0.1) is 0 Å². The fraction of sp³-hybridized carbons (Fsp3) is 0. The van der Waals surface area contributed by atoms with E-state index >= 15 is 0 Å². The maximum absolute atomic E-state index is 6.65. The lowest BCUT2D eigenvalue weighted by Crippen LogP contribution is -2.10. The second kappa shape index (κ2) is 13.6. The van der Waals surface area contributed by atoms with E-state index in [0.717, 1.165) is 78.0 Å². The van der Waals surface area contributed by atoms with E-state index in [1.54, 1.807) is 0 Å². The normalized spacial score (nSPS) is 11.5. The van der Waals surface area contributed by atoms with Crippen molar-refractivity contribution in [1.82, 2.24) is 4.57 Å². The van der Waals surface area contributed by atoms with Crippen LogP contribution < -0.4 is 4.90 Å². The summed E-state index contributed by atoms with van der Waals surface area (Å²) < 4.78 is 9.07. The highest BCUT2D eigenvalue weighted by Crippen LogP contribution is 2.46. The number of anilines is 3. The van der Waals surface area contributed by atoms with Gasteiger partial charge in [-0.05, 0) is 88.5 Å². The Balaban J connectivity index is 1.15. The van der Waals surface area contributed by atoms with Crippen molar-refractivity contribution in [2.45, 2.75) is 0 Å². The molecule has 3 nitrogen and oxygen atoms in total. The van der Waals surface area contributed by atoms with Crippen molar-refractivity contribution in [2.75, 3.05) is 4.90 Å². The molecule has 0 bridgehead atoms. The van der Waals surface area contributed by atoms with Crippen molar-refractivity contribution < 1.29 is 4.42 Å². The Kier molecular flexibility index (Phi) is 7.82. The van der Waals surface area contributed by atoms with Crippen LogP contribution >= 0.6 is 0 Å². The molecule has 9 aromatic carbocycles. The van der Waals surface area contributed by atoms with Crippen LogP contribution in [0.25, 0.3) is 82.8 Å². The van der Waals surface area contributed by atoms with E-state index in [-0.39, 0.29) is 0 Å². The standard InChI is InChI=1S/C54H36N2O/c1-4-16-37(17-5-1)38-30-32-41(33-31-38)55(40-20-8-3-9-21-40)50-27-15-28-51-53(50)47-23-10-12-26-49(47)56(51)42-34-35-43(39-18-6-2-7-19-39)48(36-42)46-25-14-24-45-44-22-11-13-29-52(44)57-54(45)46/h1-36H. The van der Waals surface area contributed by atoms with Crippen LogP contribution in [-0.2, 0) is 0 Å². The number of benzene rings is 9. The molecule has 11 rings (SSSR count). The van der Waals surface area contributed by atoms with Crippen LogP contribution in [0.1, 0.15) is 0 Å². The quantitative estimate of drug-likeness (QED) is 0.163. The molecule has 0 unspecified atom stereocenters. The van der Waals surface area contributed by atoms with E-state index in [1.807, 2.05) is 6.07 Å². The van der Waals surface area contributed by atoms with Crippen molar-refractivity contribution in [3.05, 3.63) is 218 Å². The van der Waals surface area contributed by atoms with Crippen LogP contribution in [-0.4, -0.2) is 4.57 Å². The highest BCUT2D eigenvalue weighted by Gasteiger charge is 2.22. The van der Waals surface area contributed by atoms with Gasteiger partial charge in [0.25, 0.3) is 0 Å². The van der Waals surface area contributed by atoms with Crippen molar-refractivity contribution in [2.24, 2.45) is 0 Å². The molecule has 0 spiro atoms. The minimum atomic E-state index is 0.893. The van der Waals surface area contributed by atoms with E-state index in [0.29, 0.717) is 0 Å². The van der Waals surface area contributed by atoms with Crippen molar-refractivity contribution in [3.8, 4) is 39.1 Å². The van der Waals surface area contributed by atoms with E-state index in [2.05, 4.69) is 222 Å². The SMILES string of the molecule is c1ccc(-c2ccc(N(c3ccccc3)c3cccc4c3c3ccccc3n4-c3ccc(-c4ccccc4)c(-c4cccc5c4oc4ccccc45)c3)cc2)cc1. The second-order valence-corrected chi connectivity index (χ2v) is 14.5. The first-order valence-electron chi connectivity index (χ1n) is 19.4. The molecule has 2 heterocycles. The molecule has 0 atom stereocenters. The van der Waals surface area contributed by atoms with Crippen molar-refractivity contribution in [1.29, 1.82) is 0 Å². The topological polar surface area (TPSA) is 21.3 Å². The van der Waals surface area contributed by atoms with Gasteiger partial charge in [-0.25, -0.2) is 0 Å². The van der Waals surface area contributed by atoms with E-state index in [1.165, 1.54) is 21.9 Å². The number of aromatic nitrogens is 1. The van der Waals surface area contributed by atoms with Crippen LogP contribution in [0.4, 0.5) is 17.1 Å². The Morgan fingerprint density at radius 3 is 1.75 bits per heavy atom. The van der Waals surface area contributed by atoms with Crippen molar-refractivity contribution in [3.63, 3.8) is 0 Å². The fourth-order valence-corrected chi connectivity index (χ4v) is 8.63. The summed E-state index contributed by atoms with van der Waals surface area (Å²) >= 11 is 0. The zero-order valence-corrected chi connectivity index (χ0v) is 31.1. The number of para-hydroxylation sites is 4. The van der Waals surface area contributed by atoms with Gasteiger partial charge in [0.1, 0.15) is 11.2 Å². The molecule has 0 radical (unpaired) electrons. The number of furan rings is 1. The van der Waals surface area contributed by atoms with Crippen LogP contribution in [0.5, 0.6) is 0 Å². The maximum Gasteiger partial charge on any atom is 0.143 e. The number of fused-ring (bicyclic) bond motifs is 6. The summed E-state index contributed by atoms with van der Waals surface area (Å²) in [6.07, 6.45) is 0. The molecule has 268 valence electrons. The molecule has 0 saturated carbocycles. The first-order valence-corrected chi connectivity index (χ1v) is 19.4. The van der Waals surface area contributed by atoms with Gasteiger partial charge in [0, 0.05) is 44.2 Å². The van der Waals surface area contributed by atoms with Gasteiger partial charge in [0.05, 0.1) is 16.7 Å². The number of nitrogens with zero attached hydrogens (tertiary/aromatic N) is 2. The van der Waals surface area contributed by atoms with Gasteiger partial charge < -0.3 is 13.9 Å². The molecule has 0 aliphatic carbocycles. The highest BCUT2D eigenvalue weighted by atomic mass is 16.3. The average Bonchev–Trinajstić information content (AvgIpc) is 3.84. The second-order valence-electron chi connectivity index (χ2n) is 14.5. The van der Waals surface area contributed by atoms with E-state index in [9.17, 15) is 0 Å². The van der Waals surface area contributed by atoms with E-state index < -0.39 is 0 Å². The molecule has 0 fully saturated rings. The van der Waals surface area contributed by atoms with Gasteiger partial charge in [-0.2, -0.15) is 0 Å². The van der Waals surface area contributed by atoms with Gasteiger partial charge in [0.2, 0.25) is 0 Å². The van der Waals surface area contributed by atoms with Crippen LogP contribution in [0.15, 0.2) is 223 Å². The summed E-state index contributed by atoms with van der Waals surface area (Å²) in [6, 6.07) is 78.0. The summed E-state index contributed by atoms with van der Waals surface area (Å²) in [4.78, 5) is 2.39. The molecule has 0 saturated heterocycles. The van der Waals surface area contributed by atoms with Crippen molar-refractivity contribution >= 4 is 60.8 Å². The molecular weight excluding hydrogens is 693 g/mol. The number of rotatable bonds is 7. The third-order valence-electron chi connectivity index (χ3n) is 11.2. The summed E-state index contributed by atoms with van der Waals surface area (Å²) in [5.74, 6) is 0. The Bertz CT molecular complexity index is 3220. The number of hydrogen-bond donors (Lipinski definition) is 0. The van der Waals surface area contributed by atoms with Gasteiger partial charge in [-0.15, -0.1) is 0 Å². The lowest BCUT2D eigenvalue weighted by Gasteiger charge is -2.26. The third kappa shape index (κ3) is 5.51. The summed E-state index contributed by atoms with van der Waals surface area (Å²) in [6.45, 7) is 0. The lowest BCUT2D eigenvalue weighted by molar-refractivity contribution is 0.670. The zero-order chi connectivity index (χ0) is 37.7. The minimum Gasteiger partial charge on any atom is -0.455 e. The molecule has 2 aromatic heterocycles. The summed E-state index contributed by atoms with van der Waals surface area (Å²) in [7, 11) is 0. The smallest absolute Gasteiger partial charge is 0.143 e. The Labute approximate surface area is 330 Å². The maximum atomic E-state index is 6.65. The first-order chi connectivity index (χ1) is 28.3. The Hall–Kier alpha value is -7.62. The first kappa shape index (κ1) is 32.8. The van der Waals surface area contributed by atoms with Gasteiger partial charge in [-0.3, -0.25) is 0 Å². The lowest BCUT2D eigenvalue weighted by atomic mass is 9.93. The van der Waals surface area contributed by atoms with E-state index in [4.69, 9.17) is 4.42 Å². The Morgan fingerprint density at radius 2 is 0.965 bits per heavy atom. The molecular formula is C54H36N2O. The average molecular weight is 729 g/mol. The van der Waals surface area contributed by atoms with Gasteiger partial charge >= 0.3 is 0 Å². The predicted octanol–water partition coefficient (Wildman–Crippen LogP) is 15.2.